The van der Waals surface area contributed by atoms with Crippen LogP contribution < -0.4 is 4.74 Å². The molecule has 0 aliphatic carbocycles. The molecule has 0 radical (unpaired) electrons. The quantitative estimate of drug-likeness (QED) is 0.663. The molecule has 0 atom stereocenters. The molecular weight excluding hydrogens is 230 g/mol. The Morgan fingerprint density at radius 3 is 2.67 bits per heavy atom. The number of methoxy groups -OCH3 is 1. The first-order valence-electron chi connectivity index (χ1n) is 5.98. The molecule has 98 valence electrons. The van der Waals surface area contributed by atoms with Gasteiger partial charge in [0.15, 0.2) is 0 Å². The zero-order valence-electron chi connectivity index (χ0n) is 10.9. The molecule has 0 saturated heterocycles. The monoisotopic (exact) mass is 249 g/mol. The Morgan fingerprint density at radius 1 is 1.17 bits per heavy atom. The van der Waals surface area contributed by atoms with Gasteiger partial charge < -0.3 is 14.2 Å². The van der Waals surface area contributed by atoms with E-state index in [2.05, 4.69) is 6.07 Å². The van der Waals surface area contributed by atoms with Gasteiger partial charge in [-0.25, -0.2) is 0 Å². The third-order valence-corrected chi connectivity index (χ3v) is 2.45. The minimum atomic E-state index is 0.512. The summed E-state index contributed by atoms with van der Waals surface area (Å²) < 4.78 is 15.8. The SMILES string of the molecule is COCCCOCCOc1ccc(C#N)c(C)c1. The van der Waals surface area contributed by atoms with Gasteiger partial charge in [0.25, 0.3) is 0 Å². The number of aryl methyl sites for hydroxylation is 1. The second-order valence-corrected chi connectivity index (χ2v) is 3.90. The van der Waals surface area contributed by atoms with E-state index >= 15 is 0 Å². The first kappa shape index (κ1) is 14.5. The van der Waals surface area contributed by atoms with E-state index in [0.717, 1.165) is 24.3 Å². The van der Waals surface area contributed by atoms with E-state index in [-0.39, 0.29) is 0 Å². The third kappa shape index (κ3) is 5.17. The summed E-state index contributed by atoms with van der Waals surface area (Å²) in [6, 6.07) is 7.56. The number of nitrogens with zero attached hydrogens (tertiary/aromatic N) is 1. The lowest BCUT2D eigenvalue weighted by atomic mass is 10.1. The molecule has 0 N–H and O–H groups in total. The lowest BCUT2D eigenvalue weighted by molar-refractivity contribution is 0.0806. The fraction of sp³-hybridized carbons (Fsp3) is 0.500. The number of rotatable bonds is 8. The summed E-state index contributed by atoms with van der Waals surface area (Å²) in [6.45, 7) is 4.37. The maximum atomic E-state index is 8.81. The molecule has 4 nitrogen and oxygen atoms in total. The maximum absolute atomic E-state index is 8.81. The van der Waals surface area contributed by atoms with Crippen molar-refractivity contribution in [3.8, 4) is 11.8 Å². The first-order valence-corrected chi connectivity index (χ1v) is 5.98. The average Bonchev–Trinajstić information content (AvgIpc) is 2.38. The lowest BCUT2D eigenvalue weighted by Crippen LogP contribution is -2.08. The van der Waals surface area contributed by atoms with Crippen LogP contribution >= 0.6 is 0 Å². The minimum Gasteiger partial charge on any atom is -0.491 e. The smallest absolute Gasteiger partial charge is 0.119 e. The zero-order valence-corrected chi connectivity index (χ0v) is 10.9. The first-order chi connectivity index (χ1) is 8.77. The van der Waals surface area contributed by atoms with Crippen LogP contribution in [-0.2, 0) is 9.47 Å². The molecular formula is C14H19NO3. The molecule has 0 spiro atoms. The Kier molecular flexibility index (Phi) is 6.85. The van der Waals surface area contributed by atoms with Gasteiger partial charge in [0.05, 0.1) is 18.2 Å². The summed E-state index contributed by atoms with van der Waals surface area (Å²) in [4.78, 5) is 0. The summed E-state index contributed by atoms with van der Waals surface area (Å²) in [7, 11) is 1.68. The van der Waals surface area contributed by atoms with Crippen molar-refractivity contribution in [3.05, 3.63) is 29.3 Å². The molecule has 18 heavy (non-hydrogen) atoms. The van der Waals surface area contributed by atoms with Crippen LogP contribution in [0.25, 0.3) is 0 Å². The molecule has 0 bridgehead atoms. The molecule has 0 aromatic heterocycles. The summed E-state index contributed by atoms with van der Waals surface area (Å²) in [6.07, 6.45) is 0.895. The highest BCUT2D eigenvalue weighted by Crippen LogP contribution is 2.16. The molecule has 0 fully saturated rings. The van der Waals surface area contributed by atoms with E-state index in [9.17, 15) is 0 Å². The van der Waals surface area contributed by atoms with E-state index in [0.29, 0.717) is 25.4 Å². The van der Waals surface area contributed by atoms with E-state index in [1.807, 2.05) is 13.0 Å². The van der Waals surface area contributed by atoms with Crippen molar-refractivity contribution in [2.24, 2.45) is 0 Å². The summed E-state index contributed by atoms with van der Waals surface area (Å²) in [5, 5.41) is 8.81. The molecule has 1 aromatic carbocycles. The zero-order chi connectivity index (χ0) is 13.2. The van der Waals surface area contributed by atoms with Crippen LogP contribution in [-0.4, -0.2) is 33.5 Å². The van der Waals surface area contributed by atoms with E-state index in [1.54, 1.807) is 19.2 Å². The molecule has 0 unspecified atom stereocenters. The highest BCUT2D eigenvalue weighted by Gasteiger charge is 1.99. The largest absolute Gasteiger partial charge is 0.491 e. The van der Waals surface area contributed by atoms with Gasteiger partial charge in [-0.1, -0.05) is 0 Å². The van der Waals surface area contributed by atoms with Crippen molar-refractivity contribution in [2.45, 2.75) is 13.3 Å². The minimum absolute atomic E-state index is 0.512. The Bertz CT molecular complexity index is 399. The highest BCUT2D eigenvalue weighted by molar-refractivity contribution is 5.41. The molecule has 0 aliphatic heterocycles. The fourth-order valence-corrected chi connectivity index (χ4v) is 1.48. The van der Waals surface area contributed by atoms with Crippen molar-refractivity contribution in [1.82, 2.24) is 0 Å². The lowest BCUT2D eigenvalue weighted by Gasteiger charge is -2.08. The summed E-state index contributed by atoms with van der Waals surface area (Å²) >= 11 is 0. The van der Waals surface area contributed by atoms with Gasteiger partial charge in [0.1, 0.15) is 12.4 Å². The molecule has 0 amide bonds. The van der Waals surface area contributed by atoms with E-state index < -0.39 is 0 Å². The number of nitriles is 1. The number of benzene rings is 1. The van der Waals surface area contributed by atoms with Crippen LogP contribution in [0.3, 0.4) is 0 Å². The van der Waals surface area contributed by atoms with Crippen molar-refractivity contribution < 1.29 is 14.2 Å². The van der Waals surface area contributed by atoms with Crippen molar-refractivity contribution in [2.75, 3.05) is 33.5 Å². The Balaban J connectivity index is 2.20. The van der Waals surface area contributed by atoms with Gasteiger partial charge in [-0.15, -0.1) is 0 Å². The molecule has 0 aliphatic rings. The van der Waals surface area contributed by atoms with Crippen molar-refractivity contribution in [1.29, 1.82) is 5.26 Å². The van der Waals surface area contributed by atoms with Crippen LogP contribution in [0, 0.1) is 18.3 Å². The maximum Gasteiger partial charge on any atom is 0.119 e. The second-order valence-electron chi connectivity index (χ2n) is 3.90. The van der Waals surface area contributed by atoms with Gasteiger partial charge in [-0.05, 0) is 37.1 Å². The van der Waals surface area contributed by atoms with Gasteiger partial charge in [-0.2, -0.15) is 5.26 Å². The van der Waals surface area contributed by atoms with Crippen LogP contribution in [0.5, 0.6) is 5.75 Å². The summed E-state index contributed by atoms with van der Waals surface area (Å²) in [5.74, 6) is 0.770. The van der Waals surface area contributed by atoms with Gasteiger partial charge in [-0.3, -0.25) is 0 Å². The van der Waals surface area contributed by atoms with Crippen LogP contribution in [0.1, 0.15) is 17.5 Å². The third-order valence-electron chi connectivity index (χ3n) is 2.45. The average molecular weight is 249 g/mol. The van der Waals surface area contributed by atoms with Crippen LogP contribution in [0.4, 0.5) is 0 Å². The molecule has 0 heterocycles. The molecule has 1 aromatic rings. The number of ether oxygens (including phenoxy) is 3. The number of hydrogen-bond acceptors (Lipinski definition) is 4. The topological polar surface area (TPSA) is 51.5 Å². The van der Waals surface area contributed by atoms with Crippen molar-refractivity contribution in [3.63, 3.8) is 0 Å². The Morgan fingerprint density at radius 2 is 2.00 bits per heavy atom. The highest BCUT2D eigenvalue weighted by atomic mass is 16.5. The molecule has 1 rings (SSSR count). The predicted molar refractivity (Wildman–Crippen MR) is 68.7 cm³/mol. The standard InChI is InChI=1S/C14H19NO3/c1-12-10-14(5-4-13(12)11-15)18-9-8-17-7-3-6-16-2/h4-5,10H,3,6-9H2,1-2H3. The van der Waals surface area contributed by atoms with Crippen molar-refractivity contribution >= 4 is 0 Å². The van der Waals surface area contributed by atoms with Crippen LogP contribution in [0.15, 0.2) is 18.2 Å². The van der Waals surface area contributed by atoms with Gasteiger partial charge in [0.2, 0.25) is 0 Å². The van der Waals surface area contributed by atoms with Gasteiger partial charge >= 0.3 is 0 Å². The Labute approximate surface area is 108 Å². The van der Waals surface area contributed by atoms with Crippen LogP contribution in [0.2, 0.25) is 0 Å². The van der Waals surface area contributed by atoms with Gasteiger partial charge in [0, 0.05) is 20.3 Å². The Hall–Kier alpha value is -1.57. The number of hydrogen-bond donors (Lipinski definition) is 0. The second kappa shape index (κ2) is 8.51. The molecule has 4 heteroatoms. The van der Waals surface area contributed by atoms with E-state index in [4.69, 9.17) is 19.5 Å². The fourth-order valence-electron chi connectivity index (χ4n) is 1.48. The molecule has 0 saturated carbocycles. The van der Waals surface area contributed by atoms with E-state index in [1.165, 1.54) is 0 Å². The predicted octanol–water partition coefficient (Wildman–Crippen LogP) is 2.30. The normalized spacial score (nSPS) is 10.1. The summed E-state index contributed by atoms with van der Waals surface area (Å²) in [5.41, 5.74) is 1.61.